The summed E-state index contributed by atoms with van der Waals surface area (Å²) in [5.41, 5.74) is 0. The molecule has 95 heavy (non-hydrogen) atoms. The van der Waals surface area contributed by atoms with Crippen molar-refractivity contribution in [2.75, 3.05) is 47.5 Å². The van der Waals surface area contributed by atoms with Gasteiger partial charge in [0.1, 0.15) is 13.2 Å². The maximum absolute atomic E-state index is 13.0. The average molecular weight is 1320 g/mol. The Labute approximate surface area is 585 Å². The first-order valence-corrected chi connectivity index (χ1v) is 39.0. The van der Waals surface area contributed by atoms with E-state index in [1.54, 1.807) is 0 Å². The first kappa shape index (κ1) is 90.2. The Hall–Kier alpha value is -4.83. The molecule has 0 rings (SSSR count). The summed E-state index contributed by atoms with van der Waals surface area (Å²) in [6.45, 7) is 4.64. The predicted molar refractivity (Wildman–Crippen MR) is 410 cm³/mol. The van der Waals surface area contributed by atoms with Crippen molar-refractivity contribution >= 4 is 17.9 Å². The molecule has 0 amide bonds. The SMILES string of the molecule is CC/C=C\C/C=C\C/C=C\C/C=C\C/C=C\C/C=C\C/C=C\C/C=C\CCCCCCC(=O)OC(COC(=O)CCCCCCCCCCCCCCCCCCCCCCCCCCCCCC/C=C\C/C=C\C/C=C\C/C=C\CC)COC(OCC[N+](C)(C)C)C(=O)O. The minimum absolute atomic E-state index is 0.177. The highest BCUT2D eigenvalue weighted by Gasteiger charge is 2.25. The number of aliphatic carboxylic acids is 1. The van der Waals surface area contributed by atoms with Gasteiger partial charge < -0.3 is 28.5 Å². The molecular formula is C86H146NO8+. The topological polar surface area (TPSA) is 108 Å². The number of carboxylic acid groups (broad SMARTS) is 1. The van der Waals surface area contributed by atoms with Crippen molar-refractivity contribution in [1.82, 2.24) is 0 Å². The fourth-order valence-corrected chi connectivity index (χ4v) is 10.7. The molecule has 0 heterocycles. The smallest absolute Gasteiger partial charge is 0.361 e. The van der Waals surface area contributed by atoms with Gasteiger partial charge >= 0.3 is 17.9 Å². The molecule has 0 saturated heterocycles. The van der Waals surface area contributed by atoms with Gasteiger partial charge in [-0.05, 0) is 116 Å². The number of quaternary nitrogens is 1. The number of rotatable bonds is 71. The maximum atomic E-state index is 13.0. The highest BCUT2D eigenvalue weighted by atomic mass is 16.7. The zero-order valence-electron chi connectivity index (χ0n) is 62.0. The number of hydrogen-bond acceptors (Lipinski definition) is 7. The van der Waals surface area contributed by atoms with Crippen molar-refractivity contribution in [2.45, 2.75) is 334 Å². The van der Waals surface area contributed by atoms with Gasteiger partial charge in [-0.1, -0.05) is 339 Å². The highest BCUT2D eigenvalue weighted by Crippen LogP contribution is 2.18. The number of unbranched alkanes of at least 4 members (excludes halogenated alkanes) is 32. The van der Waals surface area contributed by atoms with Crippen LogP contribution in [0.25, 0.3) is 0 Å². The number of likely N-dealkylation sites (N-methyl/N-ethyl adjacent to an activating group) is 1. The molecule has 0 aliphatic rings. The molecule has 9 nitrogen and oxygen atoms in total. The third kappa shape index (κ3) is 76.4. The van der Waals surface area contributed by atoms with E-state index < -0.39 is 24.3 Å². The van der Waals surface area contributed by atoms with E-state index >= 15 is 0 Å². The number of carboxylic acids is 1. The van der Waals surface area contributed by atoms with Gasteiger partial charge in [0.2, 0.25) is 0 Å². The van der Waals surface area contributed by atoms with Gasteiger partial charge in [0.15, 0.2) is 6.10 Å². The van der Waals surface area contributed by atoms with Crippen LogP contribution in [0.5, 0.6) is 0 Å². The van der Waals surface area contributed by atoms with Crippen molar-refractivity contribution < 1.29 is 42.9 Å². The minimum atomic E-state index is -1.53. The van der Waals surface area contributed by atoms with Crippen LogP contribution in [0.15, 0.2) is 146 Å². The zero-order chi connectivity index (χ0) is 69.0. The minimum Gasteiger partial charge on any atom is -0.477 e. The normalized spacial score (nSPS) is 13.5. The van der Waals surface area contributed by atoms with Crippen LogP contribution in [0.2, 0.25) is 0 Å². The molecular weight excluding hydrogens is 1170 g/mol. The van der Waals surface area contributed by atoms with Crippen molar-refractivity contribution in [3.63, 3.8) is 0 Å². The molecule has 0 bridgehead atoms. The molecule has 0 saturated carbocycles. The Morgan fingerprint density at radius 3 is 0.842 bits per heavy atom. The van der Waals surface area contributed by atoms with Gasteiger partial charge in [-0.3, -0.25) is 9.59 Å². The third-order valence-corrected chi connectivity index (χ3v) is 16.6. The van der Waals surface area contributed by atoms with Gasteiger partial charge in [-0.15, -0.1) is 0 Å². The largest absolute Gasteiger partial charge is 0.477 e. The molecule has 1 N–H and O–H groups in total. The van der Waals surface area contributed by atoms with Gasteiger partial charge in [0.05, 0.1) is 34.4 Å². The summed E-state index contributed by atoms with van der Waals surface area (Å²) in [5, 5.41) is 9.76. The molecule has 0 aliphatic carbocycles. The molecule has 0 aromatic rings. The fraction of sp³-hybridized carbons (Fsp3) is 0.686. The van der Waals surface area contributed by atoms with Gasteiger partial charge in [-0.25, -0.2) is 4.79 Å². The van der Waals surface area contributed by atoms with Crippen LogP contribution in [-0.2, 0) is 33.3 Å². The van der Waals surface area contributed by atoms with Crippen molar-refractivity contribution in [3.8, 4) is 0 Å². The van der Waals surface area contributed by atoms with Gasteiger partial charge in [0.25, 0.3) is 6.29 Å². The van der Waals surface area contributed by atoms with Crippen LogP contribution in [0, 0.1) is 0 Å². The number of esters is 2. The lowest BCUT2D eigenvalue weighted by Crippen LogP contribution is -2.40. The van der Waals surface area contributed by atoms with Gasteiger partial charge in [-0.2, -0.15) is 0 Å². The van der Waals surface area contributed by atoms with Crippen molar-refractivity contribution in [2.24, 2.45) is 0 Å². The first-order chi connectivity index (χ1) is 46.6. The van der Waals surface area contributed by atoms with E-state index in [2.05, 4.69) is 160 Å². The second-order valence-corrected chi connectivity index (χ2v) is 26.9. The molecule has 542 valence electrons. The number of ether oxygens (including phenoxy) is 4. The van der Waals surface area contributed by atoms with Crippen LogP contribution in [-0.4, -0.2) is 87.4 Å². The lowest BCUT2D eigenvalue weighted by Gasteiger charge is -2.25. The van der Waals surface area contributed by atoms with E-state index in [1.807, 2.05) is 21.1 Å². The van der Waals surface area contributed by atoms with Crippen LogP contribution in [0.3, 0.4) is 0 Å². The Morgan fingerprint density at radius 1 is 0.316 bits per heavy atom. The monoisotopic (exact) mass is 1320 g/mol. The van der Waals surface area contributed by atoms with Crippen LogP contribution in [0.4, 0.5) is 0 Å². The fourth-order valence-electron chi connectivity index (χ4n) is 10.7. The average Bonchev–Trinajstić information content (AvgIpc) is 2.86. The van der Waals surface area contributed by atoms with E-state index in [-0.39, 0.29) is 32.2 Å². The van der Waals surface area contributed by atoms with Crippen molar-refractivity contribution in [1.29, 1.82) is 0 Å². The zero-order valence-corrected chi connectivity index (χ0v) is 62.0. The number of carbonyl (C=O) groups excluding carboxylic acids is 2. The molecule has 9 heteroatoms. The Kier molecular flexibility index (Phi) is 71.1. The molecule has 2 atom stereocenters. The summed E-state index contributed by atoms with van der Waals surface area (Å²) < 4.78 is 23.0. The summed E-state index contributed by atoms with van der Waals surface area (Å²) in [4.78, 5) is 37.7. The summed E-state index contributed by atoms with van der Waals surface area (Å²) in [6, 6.07) is 0. The van der Waals surface area contributed by atoms with Crippen LogP contribution < -0.4 is 0 Å². The van der Waals surface area contributed by atoms with E-state index in [1.165, 1.54) is 167 Å². The second kappa shape index (κ2) is 75.0. The summed E-state index contributed by atoms with van der Waals surface area (Å²) in [5.74, 6) is -2.04. The Morgan fingerprint density at radius 2 is 0.568 bits per heavy atom. The molecule has 0 spiro atoms. The third-order valence-electron chi connectivity index (χ3n) is 16.6. The summed E-state index contributed by atoms with van der Waals surface area (Å²) in [7, 11) is 5.97. The molecule has 0 radical (unpaired) electrons. The molecule has 0 aromatic carbocycles. The Bertz CT molecular complexity index is 2080. The van der Waals surface area contributed by atoms with E-state index in [0.29, 0.717) is 23.9 Å². The molecule has 0 fully saturated rings. The van der Waals surface area contributed by atoms with E-state index in [9.17, 15) is 19.5 Å². The second-order valence-electron chi connectivity index (χ2n) is 26.9. The molecule has 0 aliphatic heterocycles. The number of hydrogen-bond donors (Lipinski definition) is 1. The van der Waals surface area contributed by atoms with Crippen LogP contribution >= 0.6 is 0 Å². The lowest BCUT2D eigenvalue weighted by atomic mass is 10.0. The summed E-state index contributed by atoms with van der Waals surface area (Å²) >= 11 is 0. The number of nitrogens with zero attached hydrogens (tertiary/aromatic N) is 1. The van der Waals surface area contributed by atoms with Gasteiger partial charge in [0, 0.05) is 12.8 Å². The van der Waals surface area contributed by atoms with E-state index in [4.69, 9.17) is 18.9 Å². The quantitative estimate of drug-likeness (QED) is 0.0211. The first-order valence-electron chi connectivity index (χ1n) is 39.0. The lowest BCUT2D eigenvalue weighted by molar-refractivity contribution is -0.870. The van der Waals surface area contributed by atoms with Crippen molar-refractivity contribution in [3.05, 3.63) is 146 Å². The maximum Gasteiger partial charge on any atom is 0.361 e. The summed E-state index contributed by atoms with van der Waals surface area (Å²) in [6.07, 6.45) is 107. The molecule has 0 aromatic heterocycles. The predicted octanol–water partition coefficient (Wildman–Crippen LogP) is 25.0. The van der Waals surface area contributed by atoms with Crippen LogP contribution in [0.1, 0.15) is 322 Å². The number of allylic oxidation sites excluding steroid dienone is 24. The van der Waals surface area contributed by atoms with E-state index in [0.717, 1.165) is 122 Å². The molecule has 2 unspecified atom stereocenters. The Balaban J connectivity index is 4.04. The number of carbonyl (C=O) groups is 3. The highest BCUT2D eigenvalue weighted by molar-refractivity contribution is 5.71. The standard InChI is InChI=1S/C86H145NO8/c1-6-8-10-12-14-16-18-20-22-24-26-28-30-32-34-36-37-38-39-40-41-42-43-44-45-46-47-49-50-52-54-56-58-60-62-64-66-68-70-72-74-76-83(88)93-80-82(81-94-86(85(90)91)92-79-78-87(3,4)5)95-84(89)77-75-73-71-69-67-65-63-61-59-57-55-53-51-48-35-33-31-29-27-25-23-21-19-17-15-13-11-9-7-2/h8-11,14-17,20-23,26-29,33,35,51,53,57,59,63,65,82,86H,6-7,12-13,18-19,24-25,30-32,34,36-50,52,54-56,58,60-62,64,66-81H2,1-5H3/p+1/b10-8-,11-9-,16-14-,17-15-,22-20-,23-21-,28-26-,29-27-,35-33-,53-51-,59-57-,65-63-.